The zero-order valence-electron chi connectivity index (χ0n) is 12.8. The number of nitrogens with zero attached hydrogens (tertiary/aromatic N) is 2. The van der Waals surface area contributed by atoms with E-state index < -0.39 is 16.5 Å². The summed E-state index contributed by atoms with van der Waals surface area (Å²) in [6.07, 6.45) is 0. The average Bonchev–Trinajstić information content (AvgIpc) is 2.51. The van der Waals surface area contributed by atoms with Crippen LogP contribution >= 0.6 is 0 Å². The number of aromatic hydroxyl groups is 1. The van der Waals surface area contributed by atoms with Gasteiger partial charge in [-0.2, -0.15) is 5.10 Å². The Morgan fingerprint density at radius 2 is 2.04 bits per heavy atom. The van der Waals surface area contributed by atoms with Gasteiger partial charge in [0.1, 0.15) is 22.6 Å². The standard InChI is InChI=1S/C15H13N3O6/c1-8-7-12(19)13(15(21)24-8)9(2)16-17-14(20)10-5-3-4-6-11(10)18(22)23/h3-7,19H,1-2H3,(H,17,20)/b16-9+. The molecule has 1 amide bonds. The number of nitro groups is 1. The van der Waals surface area contributed by atoms with E-state index in [-0.39, 0.29) is 34.0 Å². The predicted molar refractivity (Wildman–Crippen MR) is 84.2 cm³/mol. The fraction of sp³-hybridized carbons (Fsp3) is 0.133. The quantitative estimate of drug-likeness (QED) is 0.497. The second kappa shape index (κ2) is 6.73. The number of amides is 1. The van der Waals surface area contributed by atoms with Crippen molar-refractivity contribution >= 4 is 17.3 Å². The second-order valence-electron chi connectivity index (χ2n) is 4.82. The van der Waals surface area contributed by atoms with Gasteiger partial charge >= 0.3 is 5.63 Å². The molecular formula is C15H13N3O6. The zero-order chi connectivity index (χ0) is 17.9. The summed E-state index contributed by atoms with van der Waals surface area (Å²) < 4.78 is 4.85. The molecule has 0 spiro atoms. The molecule has 1 aromatic heterocycles. The minimum absolute atomic E-state index is 0.00631. The molecule has 0 aliphatic carbocycles. The maximum absolute atomic E-state index is 12.0. The number of carbonyl (C=O) groups excluding carboxylic acids is 1. The highest BCUT2D eigenvalue weighted by atomic mass is 16.6. The maximum Gasteiger partial charge on any atom is 0.348 e. The van der Waals surface area contributed by atoms with Crippen LogP contribution in [0, 0.1) is 17.0 Å². The van der Waals surface area contributed by atoms with E-state index in [9.17, 15) is 24.8 Å². The van der Waals surface area contributed by atoms with Crippen molar-refractivity contribution in [2.24, 2.45) is 5.10 Å². The SMILES string of the molecule is C/C(=N\NC(=O)c1ccccc1[N+](=O)[O-])c1c(O)cc(C)oc1=O. The van der Waals surface area contributed by atoms with Crippen LogP contribution in [0.3, 0.4) is 0 Å². The van der Waals surface area contributed by atoms with Crippen molar-refractivity contribution in [3.8, 4) is 5.75 Å². The summed E-state index contributed by atoms with van der Waals surface area (Å²) in [5.41, 5.74) is 0.536. The van der Waals surface area contributed by atoms with E-state index in [2.05, 4.69) is 10.5 Å². The first-order chi connectivity index (χ1) is 11.3. The van der Waals surface area contributed by atoms with Crippen molar-refractivity contribution in [2.75, 3.05) is 0 Å². The number of aryl methyl sites for hydroxylation is 1. The smallest absolute Gasteiger partial charge is 0.348 e. The van der Waals surface area contributed by atoms with Crippen LogP contribution in [0.25, 0.3) is 0 Å². The topological polar surface area (TPSA) is 135 Å². The van der Waals surface area contributed by atoms with E-state index in [0.29, 0.717) is 0 Å². The van der Waals surface area contributed by atoms with Crippen molar-refractivity contribution in [3.05, 3.63) is 67.8 Å². The fourth-order valence-electron chi connectivity index (χ4n) is 2.00. The molecule has 0 bridgehead atoms. The van der Waals surface area contributed by atoms with Gasteiger partial charge in [-0.25, -0.2) is 10.2 Å². The monoisotopic (exact) mass is 331 g/mol. The molecule has 0 atom stereocenters. The Kier molecular flexibility index (Phi) is 4.73. The third-order valence-corrected chi connectivity index (χ3v) is 3.09. The molecular weight excluding hydrogens is 318 g/mol. The van der Waals surface area contributed by atoms with Gasteiger partial charge in [0.05, 0.1) is 10.6 Å². The van der Waals surface area contributed by atoms with Gasteiger partial charge in [-0.1, -0.05) is 12.1 Å². The summed E-state index contributed by atoms with van der Waals surface area (Å²) in [6.45, 7) is 2.87. The highest BCUT2D eigenvalue weighted by Crippen LogP contribution is 2.18. The van der Waals surface area contributed by atoms with Gasteiger partial charge in [-0.05, 0) is 19.9 Å². The molecule has 124 valence electrons. The maximum atomic E-state index is 12.0. The van der Waals surface area contributed by atoms with Gasteiger partial charge in [0.2, 0.25) is 0 Å². The summed E-state index contributed by atoms with van der Waals surface area (Å²) in [7, 11) is 0. The highest BCUT2D eigenvalue weighted by Gasteiger charge is 2.19. The van der Waals surface area contributed by atoms with Gasteiger partial charge in [-0.3, -0.25) is 14.9 Å². The lowest BCUT2D eigenvalue weighted by atomic mass is 10.1. The van der Waals surface area contributed by atoms with Crippen molar-refractivity contribution in [1.82, 2.24) is 5.43 Å². The molecule has 0 aliphatic rings. The van der Waals surface area contributed by atoms with Crippen LogP contribution in [-0.4, -0.2) is 21.6 Å². The summed E-state index contributed by atoms with van der Waals surface area (Å²) >= 11 is 0. The van der Waals surface area contributed by atoms with Gasteiger partial charge in [0, 0.05) is 12.1 Å². The first-order valence-corrected chi connectivity index (χ1v) is 6.73. The van der Waals surface area contributed by atoms with Gasteiger partial charge in [0.25, 0.3) is 11.6 Å². The molecule has 9 nitrogen and oxygen atoms in total. The van der Waals surface area contributed by atoms with E-state index in [1.54, 1.807) is 0 Å². The Hall–Kier alpha value is -3.49. The fourth-order valence-corrected chi connectivity index (χ4v) is 2.00. The van der Waals surface area contributed by atoms with Gasteiger partial charge in [0.15, 0.2) is 0 Å². The molecule has 2 N–H and O–H groups in total. The molecule has 0 saturated carbocycles. The first kappa shape index (κ1) is 16.9. The Balaban J connectivity index is 2.30. The van der Waals surface area contributed by atoms with Crippen molar-refractivity contribution < 1.29 is 19.2 Å². The van der Waals surface area contributed by atoms with E-state index >= 15 is 0 Å². The Labute approximate surface area is 135 Å². The van der Waals surface area contributed by atoms with Crippen LogP contribution in [-0.2, 0) is 0 Å². The van der Waals surface area contributed by atoms with E-state index in [0.717, 1.165) is 0 Å². The van der Waals surface area contributed by atoms with Gasteiger partial charge < -0.3 is 9.52 Å². The minimum atomic E-state index is -0.822. The molecule has 9 heteroatoms. The van der Waals surface area contributed by atoms with Crippen LogP contribution < -0.4 is 11.1 Å². The number of hydrogen-bond acceptors (Lipinski definition) is 7. The Morgan fingerprint density at radius 3 is 2.67 bits per heavy atom. The number of benzene rings is 1. The van der Waals surface area contributed by atoms with Crippen LogP contribution in [0.1, 0.15) is 28.6 Å². The molecule has 2 rings (SSSR count). The normalized spacial score (nSPS) is 11.2. The summed E-state index contributed by atoms with van der Waals surface area (Å²) in [5, 5.41) is 24.4. The molecule has 0 aliphatic heterocycles. The summed E-state index contributed by atoms with van der Waals surface area (Å²) in [4.78, 5) is 34.0. The number of carbonyl (C=O) groups is 1. The van der Waals surface area contributed by atoms with E-state index in [4.69, 9.17) is 4.42 Å². The summed E-state index contributed by atoms with van der Waals surface area (Å²) in [5.74, 6) is -0.944. The molecule has 0 unspecified atom stereocenters. The number of rotatable bonds is 4. The third-order valence-electron chi connectivity index (χ3n) is 3.09. The highest BCUT2D eigenvalue weighted by molar-refractivity contribution is 6.03. The van der Waals surface area contributed by atoms with Crippen molar-refractivity contribution in [2.45, 2.75) is 13.8 Å². The third kappa shape index (κ3) is 3.46. The summed E-state index contributed by atoms with van der Waals surface area (Å²) in [6, 6.07) is 6.60. The lowest BCUT2D eigenvalue weighted by molar-refractivity contribution is -0.385. The van der Waals surface area contributed by atoms with E-state index in [1.807, 2.05) is 0 Å². The zero-order valence-corrected chi connectivity index (χ0v) is 12.8. The van der Waals surface area contributed by atoms with Gasteiger partial charge in [-0.15, -0.1) is 0 Å². The van der Waals surface area contributed by atoms with Crippen molar-refractivity contribution in [3.63, 3.8) is 0 Å². The number of hydrogen-bond donors (Lipinski definition) is 2. The van der Waals surface area contributed by atoms with E-state index in [1.165, 1.54) is 44.2 Å². The molecule has 1 heterocycles. The largest absolute Gasteiger partial charge is 0.507 e. The molecule has 0 fully saturated rings. The molecule has 24 heavy (non-hydrogen) atoms. The number of hydrazone groups is 1. The number of para-hydroxylation sites is 1. The lowest BCUT2D eigenvalue weighted by Gasteiger charge is -2.05. The van der Waals surface area contributed by atoms with Crippen LogP contribution in [0.15, 0.2) is 44.6 Å². The van der Waals surface area contributed by atoms with Crippen LogP contribution in [0.5, 0.6) is 5.75 Å². The minimum Gasteiger partial charge on any atom is -0.507 e. The first-order valence-electron chi connectivity index (χ1n) is 6.73. The molecule has 2 aromatic rings. The lowest BCUT2D eigenvalue weighted by Crippen LogP contribution is -2.22. The van der Waals surface area contributed by atoms with Crippen LogP contribution in [0.2, 0.25) is 0 Å². The number of nitro benzene ring substituents is 1. The number of nitrogens with one attached hydrogen (secondary N) is 1. The predicted octanol–water partition coefficient (Wildman–Crippen LogP) is 1.72. The second-order valence-corrected chi connectivity index (χ2v) is 4.82. The van der Waals surface area contributed by atoms with Crippen molar-refractivity contribution in [1.29, 1.82) is 0 Å². The van der Waals surface area contributed by atoms with Crippen LogP contribution in [0.4, 0.5) is 5.69 Å². The molecule has 1 aromatic carbocycles. The average molecular weight is 331 g/mol. The Bertz CT molecular complexity index is 900. The molecule has 0 saturated heterocycles. The Morgan fingerprint density at radius 1 is 1.38 bits per heavy atom. The molecule has 0 radical (unpaired) electrons.